The van der Waals surface area contributed by atoms with Gasteiger partial charge in [-0.1, -0.05) is 6.07 Å². The Hall–Kier alpha value is -0.540. The van der Waals surface area contributed by atoms with Crippen LogP contribution in [0.2, 0.25) is 0 Å². The highest BCUT2D eigenvalue weighted by atomic mass is 79.9. The Labute approximate surface area is 106 Å². The molecule has 0 amide bonds. The lowest BCUT2D eigenvalue weighted by Gasteiger charge is -2.25. The number of aryl methyl sites for hydroxylation is 1. The van der Waals surface area contributed by atoms with E-state index in [2.05, 4.69) is 40.3 Å². The van der Waals surface area contributed by atoms with E-state index < -0.39 is 0 Å². The average molecular weight is 284 g/mol. The molecule has 1 fully saturated rings. The van der Waals surface area contributed by atoms with E-state index in [1.54, 1.807) is 7.11 Å². The number of benzene rings is 1. The largest absolute Gasteiger partial charge is 0.495 e. The Kier molecular flexibility index (Phi) is 3.87. The highest BCUT2D eigenvalue weighted by molar-refractivity contribution is 9.10. The first-order chi connectivity index (χ1) is 7.72. The van der Waals surface area contributed by atoms with Gasteiger partial charge in [-0.2, -0.15) is 0 Å². The molecule has 0 saturated carbocycles. The third kappa shape index (κ3) is 2.41. The smallest absolute Gasteiger partial charge is 0.136 e. The van der Waals surface area contributed by atoms with Gasteiger partial charge < -0.3 is 10.1 Å². The molecule has 1 heterocycles. The predicted molar refractivity (Wildman–Crippen MR) is 70.3 cm³/mol. The quantitative estimate of drug-likeness (QED) is 0.900. The third-order valence-electron chi connectivity index (χ3n) is 3.20. The summed E-state index contributed by atoms with van der Waals surface area (Å²) in [7, 11) is 1.75. The Morgan fingerprint density at radius 1 is 1.31 bits per heavy atom. The highest BCUT2D eigenvalue weighted by Crippen LogP contribution is 2.38. The van der Waals surface area contributed by atoms with Gasteiger partial charge in [0, 0.05) is 0 Å². The van der Waals surface area contributed by atoms with Crippen LogP contribution in [0, 0.1) is 6.92 Å². The standard InChI is InChI=1S/C13H18BrNO/c1-9-7-11(10-3-5-15-6-4-10)13(16-2)12(14)8-9/h7-8,10,15H,3-6H2,1-2H3. The van der Waals surface area contributed by atoms with E-state index in [9.17, 15) is 0 Å². The average Bonchev–Trinajstić information content (AvgIpc) is 2.29. The lowest BCUT2D eigenvalue weighted by atomic mass is 9.89. The van der Waals surface area contributed by atoms with Crippen LogP contribution in [0.25, 0.3) is 0 Å². The van der Waals surface area contributed by atoms with E-state index in [1.165, 1.54) is 24.0 Å². The molecule has 1 aromatic rings. The van der Waals surface area contributed by atoms with Crippen molar-refractivity contribution in [1.29, 1.82) is 0 Å². The minimum Gasteiger partial charge on any atom is -0.495 e. The van der Waals surface area contributed by atoms with Gasteiger partial charge in [-0.15, -0.1) is 0 Å². The van der Waals surface area contributed by atoms with Gasteiger partial charge in [0.15, 0.2) is 0 Å². The highest BCUT2D eigenvalue weighted by Gasteiger charge is 2.20. The van der Waals surface area contributed by atoms with Crippen molar-refractivity contribution in [2.45, 2.75) is 25.7 Å². The summed E-state index contributed by atoms with van der Waals surface area (Å²) in [4.78, 5) is 0. The minimum atomic E-state index is 0.632. The molecule has 88 valence electrons. The summed E-state index contributed by atoms with van der Waals surface area (Å²) in [5, 5.41) is 3.40. The molecule has 0 bridgehead atoms. The fraction of sp³-hybridized carbons (Fsp3) is 0.538. The van der Waals surface area contributed by atoms with Crippen LogP contribution in [0.15, 0.2) is 16.6 Å². The van der Waals surface area contributed by atoms with E-state index in [1.807, 2.05) is 0 Å². The molecule has 1 aliphatic heterocycles. The number of hydrogen-bond acceptors (Lipinski definition) is 2. The first-order valence-electron chi connectivity index (χ1n) is 5.77. The van der Waals surface area contributed by atoms with Crippen molar-refractivity contribution < 1.29 is 4.74 Å². The van der Waals surface area contributed by atoms with E-state index in [-0.39, 0.29) is 0 Å². The zero-order chi connectivity index (χ0) is 11.5. The third-order valence-corrected chi connectivity index (χ3v) is 3.79. The van der Waals surface area contributed by atoms with Gasteiger partial charge in [0.25, 0.3) is 0 Å². The van der Waals surface area contributed by atoms with Gasteiger partial charge in [0.2, 0.25) is 0 Å². The predicted octanol–water partition coefficient (Wildman–Crippen LogP) is 3.23. The number of halogens is 1. The van der Waals surface area contributed by atoms with Gasteiger partial charge in [-0.25, -0.2) is 0 Å². The molecule has 1 N–H and O–H groups in total. The molecule has 0 atom stereocenters. The van der Waals surface area contributed by atoms with Crippen molar-refractivity contribution in [2.75, 3.05) is 20.2 Å². The van der Waals surface area contributed by atoms with Crippen molar-refractivity contribution in [3.63, 3.8) is 0 Å². The SMILES string of the molecule is COc1c(Br)cc(C)cc1C1CCNCC1. The van der Waals surface area contributed by atoms with E-state index >= 15 is 0 Å². The van der Waals surface area contributed by atoms with Crippen molar-refractivity contribution in [1.82, 2.24) is 5.32 Å². The first-order valence-corrected chi connectivity index (χ1v) is 6.56. The normalized spacial score (nSPS) is 17.4. The molecular weight excluding hydrogens is 266 g/mol. The summed E-state index contributed by atoms with van der Waals surface area (Å²) >= 11 is 3.58. The van der Waals surface area contributed by atoms with Crippen molar-refractivity contribution in [3.05, 3.63) is 27.7 Å². The Bertz CT molecular complexity index is 372. The summed E-state index contributed by atoms with van der Waals surface area (Å²) in [6, 6.07) is 4.38. The lowest BCUT2D eigenvalue weighted by molar-refractivity contribution is 0.389. The van der Waals surface area contributed by atoms with Gasteiger partial charge in [-0.05, 0) is 71.9 Å². The summed E-state index contributed by atoms with van der Waals surface area (Å²) < 4.78 is 6.59. The van der Waals surface area contributed by atoms with Crippen LogP contribution >= 0.6 is 15.9 Å². The monoisotopic (exact) mass is 283 g/mol. The van der Waals surface area contributed by atoms with Crippen molar-refractivity contribution in [2.24, 2.45) is 0 Å². The molecule has 3 heteroatoms. The Balaban J connectivity index is 2.36. The number of ether oxygens (including phenoxy) is 1. The zero-order valence-corrected chi connectivity index (χ0v) is 11.4. The minimum absolute atomic E-state index is 0.632. The molecule has 1 aromatic carbocycles. The van der Waals surface area contributed by atoms with Crippen LogP contribution in [0.3, 0.4) is 0 Å². The second-order valence-corrected chi connectivity index (χ2v) is 5.25. The second kappa shape index (κ2) is 5.19. The molecule has 0 aliphatic carbocycles. The number of nitrogens with one attached hydrogen (secondary N) is 1. The number of methoxy groups -OCH3 is 1. The molecule has 1 aliphatic rings. The Morgan fingerprint density at radius 3 is 2.62 bits per heavy atom. The second-order valence-electron chi connectivity index (χ2n) is 4.39. The molecule has 2 nitrogen and oxygen atoms in total. The zero-order valence-electron chi connectivity index (χ0n) is 9.85. The molecular formula is C13H18BrNO. The summed E-state index contributed by atoms with van der Waals surface area (Å²) in [5.74, 6) is 1.64. The molecule has 0 spiro atoms. The van der Waals surface area contributed by atoms with Gasteiger partial charge in [0.1, 0.15) is 5.75 Å². The molecule has 0 radical (unpaired) electrons. The molecule has 0 unspecified atom stereocenters. The molecule has 1 saturated heterocycles. The number of hydrogen-bond donors (Lipinski definition) is 1. The summed E-state index contributed by atoms with van der Waals surface area (Å²) in [5.41, 5.74) is 2.65. The maximum absolute atomic E-state index is 5.52. The van der Waals surface area contributed by atoms with Crippen LogP contribution in [0.1, 0.15) is 29.9 Å². The molecule has 0 aromatic heterocycles. The fourth-order valence-electron chi connectivity index (χ4n) is 2.41. The fourth-order valence-corrected chi connectivity index (χ4v) is 3.16. The maximum atomic E-state index is 5.52. The number of piperidine rings is 1. The Morgan fingerprint density at radius 2 is 2.00 bits per heavy atom. The lowest BCUT2D eigenvalue weighted by Crippen LogP contribution is -2.26. The van der Waals surface area contributed by atoms with Gasteiger partial charge >= 0.3 is 0 Å². The van der Waals surface area contributed by atoms with Gasteiger partial charge in [0.05, 0.1) is 11.6 Å². The van der Waals surface area contributed by atoms with Crippen molar-refractivity contribution in [3.8, 4) is 5.75 Å². The summed E-state index contributed by atoms with van der Waals surface area (Å²) in [6.45, 7) is 4.35. The van der Waals surface area contributed by atoms with Crippen molar-refractivity contribution >= 4 is 15.9 Å². The van der Waals surface area contributed by atoms with Gasteiger partial charge in [-0.3, -0.25) is 0 Å². The molecule has 16 heavy (non-hydrogen) atoms. The molecule has 2 rings (SSSR count). The van der Waals surface area contributed by atoms with Crippen LogP contribution in [-0.4, -0.2) is 20.2 Å². The van der Waals surface area contributed by atoms with E-state index in [0.717, 1.165) is 23.3 Å². The van der Waals surface area contributed by atoms with Crippen LogP contribution < -0.4 is 10.1 Å². The van der Waals surface area contributed by atoms with E-state index in [0.29, 0.717) is 5.92 Å². The topological polar surface area (TPSA) is 21.3 Å². The van der Waals surface area contributed by atoms with E-state index in [4.69, 9.17) is 4.74 Å². The maximum Gasteiger partial charge on any atom is 0.136 e. The van der Waals surface area contributed by atoms with Crippen LogP contribution in [0.4, 0.5) is 0 Å². The van der Waals surface area contributed by atoms with Crippen LogP contribution in [-0.2, 0) is 0 Å². The van der Waals surface area contributed by atoms with Crippen LogP contribution in [0.5, 0.6) is 5.75 Å². The number of rotatable bonds is 2. The first kappa shape index (κ1) is 11.9. The summed E-state index contributed by atoms with van der Waals surface area (Å²) in [6.07, 6.45) is 2.40.